The zero-order valence-corrected chi connectivity index (χ0v) is 7.48. The molecule has 1 amide bonds. The van der Waals surface area contributed by atoms with Gasteiger partial charge in [0.05, 0.1) is 0 Å². The van der Waals surface area contributed by atoms with Crippen LogP contribution in [0.1, 0.15) is 26.2 Å². The second kappa shape index (κ2) is 3.89. The smallest absolute Gasteiger partial charge is 0.407 e. The van der Waals surface area contributed by atoms with Gasteiger partial charge in [-0.05, 0) is 6.42 Å². The molecule has 0 unspecified atom stereocenters. The molecule has 1 aliphatic rings. The van der Waals surface area contributed by atoms with Crippen molar-refractivity contribution in [1.29, 1.82) is 0 Å². The van der Waals surface area contributed by atoms with Crippen molar-refractivity contribution in [3.63, 3.8) is 0 Å². The molecule has 0 radical (unpaired) electrons. The maximum absolute atomic E-state index is 12.3. The van der Waals surface area contributed by atoms with Gasteiger partial charge in [0.2, 0.25) is 0 Å². The summed E-state index contributed by atoms with van der Waals surface area (Å²) >= 11 is 0. The van der Waals surface area contributed by atoms with Gasteiger partial charge in [-0.3, -0.25) is 0 Å². The molecule has 0 atom stereocenters. The van der Waals surface area contributed by atoms with Crippen molar-refractivity contribution >= 4 is 6.09 Å². The van der Waals surface area contributed by atoms with Crippen LogP contribution in [0.25, 0.3) is 0 Å². The van der Waals surface area contributed by atoms with Crippen LogP contribution in [0.3, 0.4) is 0 Å². The van der Waals surface area contributed by atoms with Crippen LogP contribution in [-0.4, -0.2) is 24.7 Å². The minimum absolute atomic E-state index is 0.341. The summed E-state index contributed by atoms with van der Waals surface area (Å²) in [6.07, 6.45) is -1.08. The summed E-state index contributed by atoms with van der Waals surface area (Å²) in [5, 5.41) is 2.45. The van der Waals surface area contributed by atoms with Crippen LogP contribution in [0.4, 0.5) is 13.6 Å². The van der Waals surface area contributed by atoms with Crippen LogP contribution >= 0.6 is 0 Å². The number of alkyl halides is 2. The maximum atomic E-state index is 12.3. The number of alkyl carbamates (subject to hydrolysis) is 1. The number of halogens is 2. The predicted octanol–water partition coefficient (Wildman–Crippen LogP) is 1.92. The van der Waals surface area contributed by atoms with Crippen LogP contribution in [0.5, 0.6) is 0 Å². The molecule has 13 heavy (non-hydrogen) atoms. The molecule has 0 aliphatic heterocycles. The summed E-state index contributed by atoms with van der Waals surface area (Å²) in [6, 6.07) is 0. The molecule has 3 nitrogen and oxygen atoms in total. The average molecular weight is 193 g/mol. The van der Waals surface area contributed by atoms with Gasteiger partial charge in [-0.25, -0.2) is 13.6 Å². The van der Waals surface area contributed by atoms with E-state index < -0.39 is 18.1 Å². The molecular weight excluding hydrogens is 180 g/mol. The lowest BCUT2D eigenvalue weighted by Crippen LogP contribution is -2.44. The molecule has 1 fully saturated rings. The van der Waals surface area contributed by atoms with Gasteiger partial charge in [-0.15, -0.1) is 0 Å². The van der Waals surface area contributed by atoms with Gasteiger partial charge in [0.1, 0.15) is 6.10 Å². The fourth-order valence-electron chi connectivity index (χ4n) is 1.11. The number of hydrogen-bond donors (Lipinski definition) is 1. The van der Waals surface area contributed by atoms with Crippen molar-refractivity contribution in [3.05, 3.63) is 0 Å². The van der Waals surface area contributed by atoms with E-state index in [1.54, 1.807) is 0 Å². The zero-order chi connectivity index (χ0) is 9.90. The topological polar surface area (TPSA) is 38.3 Å². The SMILES string of the molecule is CCCNC(=O)OC1CC(F)(F)C1. The monoisotopic (exact) mass is 193 g/mol. The Balaban J connectivity index is 2.10. The largest absolute Gasteiger partial charge is 0.446 e. The minimum Gasteiger partial charge on any atom is -0.446 e. The summed E-state index contributed by atoms with van der Waals surface area (Å²) in [6.45, 7) is 2.42. The van der Waals surface area contributed by atoms with E-state index in [0.29, 0.717) is 6.54 Å². The second-order valence-electron chi connectivity index (χ2n) is 3.22. The highest BCUT2D eigenvalue weighted by atomic mass is 19.3. The van der Waals surface area contributed by atoms with Gasteiger partial charge in [-0.1, -0.05) is 6.92 Å². The summed E-state index contributed by atoms with van der Waals surface area (Å²) in [5.74, 6) is -2.63. The number of carbonyl (C=O) groups excluding carboxylic acids is 1. The third kappa shape index (κ3) is 3.16. The Kier molecular flexibility index (Phi) is 3.06. The maximum Gasteiger partial charge on any atom is 0.407 e. The standard InChI is InChI=1S/C8H13F2NO2/c1-2-3-11-7(12)13-6-4-8(9,10)5-6/h6H,2-5H2,1H3,(H,11,12). The molecule has 0 heterocycles. The van der Waals surface area contributed by atoms with Gasteiger partial charge >= 0.3 is 6.09 Å². The molecule has 0 aromatic carbocycles. The molecular formula is C8H13F2NO2. The van der Waals surface area contributed by atoms with Crippen molar-refractivity contribution in [2.75, 3.05) is 6.54 Å². The Morgan fingerprint density at radius 2 is 2.23 bits per heavy atom. The number of hydrogen-bond acceptors (Lipinski definition) is 2. The summed E-state index contributed by atoms with van der Waals surface area (Å²) in [5.41, 5.74) is 0. The Labute approximate surface area is 75.4 Å². The van der Waals surface area contributed by atoms with Crippen LogP contribution in [-0.2, 0) is 4.74 Å². The first-order valence-electron chi connectivity index (χ1n) is 4.36. The number of ether oxygens (including phenoxy) is 1. The molecule has 76 valence electrons. The molecule has 0 saturated heterocycles. The first-order valence-corrected chi connectivity index (χ1v) is 4.36. The molecule has 1 N–H and O–H groups in total. The number of nitrogens with one attached hydrogen (secondary N) is 1. The Morgan fingerprint density at radius 3 is 2.69 bits per heavy atom. The van der Waals surface area contributed by atoms with E-state index in [9.17, 15) is 13.6 Å². The summed E-state index contributed by atoms with van der Waals surface area (Å²) in [7, 11) is 0. The first-order chi connectivity index (χ1) is 6.03. The van der Waals surface area contributed by atoms with Crippen molar-refractivity contribution < 1.29 is 18.3 Å². The highest BCUT2D eigenvalue weighted by Crippen LogP contribution is 2.39. The summed E-state index contributed by atoms with van der Waals surface area (Å²) < 4.78 is 29.3. The molecule has 1 saturated carbocycles. The molecule has 1 aliphatic carbocycles. The Bertz CT molecular complexity index is 189. The van der Waals surface area contributed by atoms with E-state index in [-0.39, 0.29) is 12.8 Å². The van der Waals surface area contributed by atoms with Gasteiger partial charge in [0, 0.05) is 19.4 Å². The fourth-order valence-corrected chi connectivity index (χ4v) is 1.11. The summed E-state index contributed by atoms with van der Waals surface area (Å²) in [4.78, 5) is 10.8. The van der Waals surface area contributed by atoms with E-state index in [4.69, 9.17) is 4.74 Å². The highest BCUT2D eigenvalue weighted by Gasteiger charge is 2.47. The van der Waals surface area contributed by atoms with E-state index >= 15 is 0 Å². The minimum atomic E-state index is -2.63. The Hall–Kier alpha value is -0.870. The van der Waals surface area contributed by atoms with Crippen LogP contribution < -0.4 is 5.32 Å². The van der Waals surface area contributed by atoms with Crippen LogP contribution in [0.15, 0.2) is 0 Å². The van der Waals surface area contributed by atoms with E-state index in [0.717, 1.165) is 6.42 Å². The van der Waals surface area contributed by atoms with Crippen molar-refractivity contribution in [3.8, 4) is 0 Å². The normalized spacial score (nSPS) is 20.5. The number of amides is 1. The predicted molar refractivity (Wildman–Crippen MR) is 42.7 cm³/mol. The van der Waals surface area contributed by atoms with Crippen LogP contribution in [0, 0.1) is 0 Å². The van der Waals surface area contributed by atoms with Crippen molar-refractivity contribution in [2.45, 2.75) is 38.2 Å². The second-order valence-corrected chi connectivity index (χ2v) is 3.22. The lowest BCUT2D eigenvalue weighted by atomic mass is 9.91. The molecule has 0 aromatic heterocycles. The Morgan fingerprint density at radius 1 is 1.62 bits per heavy atom. The zero-order valence-electron chi connectivity index (χ0n) is 7.48. The first kappa shape index (κ1) is 10.2. The van der Waals surface area contributed by atoms with Gasteiger partial charge in [0.25, 0.3) is 5.92 Å². The van der Waals surface area contributed by atoms with Crippen molar-refractivity contribution in [1.82, 2.24) is 5.32 Å². The van der Waals surface area contributed by atoms with E-state index in [1.165, 1.54) is 0 Å². The highest BCUT2D eigenvalue weighted by molar-refractivity contribution is 5.67. The van der Waals surface area contributed by atoms with Gasteiger partial charge in [0.15, 0.2) is 0 Å². The lowest BCUT2D eigenvalue weighted by molar-refractivity contribution is -0.144. The lowest BCUT2D eigenvalue weighted by Gasteiger charge is -2.33. The fraction of sp³-hybridized carbons (Fsp3) is 0.875. The number of rotatable bonds is 3. The number of carbonyl (C=O) groups is 1. The molecule has 0 bridgehead atoms. The molecule has 0 spiro atoms. The molecule has 0 aromatic rings. The average Bonchev–Trinajstić information content (AvgIpc) is 1.97. The molecule has 5 heteroatoms. The van der Waals surface area contributed by atoms with Gasteiger partial charge in [-0.2, -0.15) is 0 Å². The van der Waals surface area contributed by atoms with E-state index in [1.807, 2.05) is 6.92 Å². The molecule has 1 rings (SSSR count). The van der Waals surface area contributed by atoms with Crippen LogP contribution in [0.2, 0.25) is 0 Å². The van der Waals surface area contributed by atoms with Gasteiger partial charge < -0.3 is 10.1 Å². The quantitative estimate of drug-likeness (QED) is 0.743. The van der Waals surface area contributed by atoms with Crippen molar-refractivity contribution in [2.24, 2.45) is 0 Å². The third-order valence-corrected chi connectivity index (χ3v) is 1.85. The third-order valence-electron chi connectivity index (χ3n) is 1.85. The van der Waals surface area contributed by atoms with E-state index in [2.05, 4.69) is 5.32 Å².